The van der Waals surface area contributed by atoms with Crippen molar-refractivity contribution in [2.24, 2.45) is 5.41 Å². The van der Waals surface area contributed by atoms with Gasteiger partial charge in [-0.3, -0.25) is 4.79 Å². The predicted molar refractivity (Wildman–Crippen MR) is 106 cm³/mol. The van der Waals surface area contributed by atoms with Gasteiger partial charge < -0.3 is 14.8 Å². The zero-order valence-electron chi connectivity index (χ0n) is 17.4. The lowest BCUT2D eigenvalue weighted by atomic mass is 9.63. The third kappa shape index (κ3) is 1.91. The molecule has 1 aliphatic heterocycles. The van der Waals surface area contributed by atoms with E-state index in [4.69, 9.17) is 19.4 Å². The maximum absolute atomic E-state index is 13.7. The van der Waals surface area contributed by atoms with Gasteiger partial charge in [0.15, 0.2) is 11.5 Å². The van der Waals surface area contributed by atoms with Crippen molar-refractivity contribution in [1.29, 1.82) is 0 Å². The van der Waals surface area contributed by atoms with Gasteiger partial charge in [0.1, 0.15) is 0 Å². The molecule has 2 unspecified atom stereocenters. The van der Waals surface area contributed by atoms with E-state index in [9.17, 15) is 4.79 Å². The number of rotatable bonds is 1. The summed E-state index contributed by atoms with van der Waals surface area (Å²) in [5, 5.41) is 3.23. The normalized spacial score (nSPS) is 29.2. The zero-order valence-corrected chi connectivity index (χ0v) is 17.4. The fourth-order valence-corrected chi connectivity index (χ4v) is 5.44. The van der Waals surface area contributed by atoms with Crippen LogP contribution in [0.15, 0.2) is 12.1 Å². The smallest absolute Gasteiger partial charge is 0.233 e. The number of carbonyl (C=O) groups is 1. The quantitative estimate of drug-likeness (QED) is 0.817. The first-order chi connectivity index (χ1) is 13.0. The molecule has 5 rings (SSSR count). The standard InChI is InChI=1S/C22H27N3O3/c1-19(2,3)25-18(26)22-8-7-21(6,20(22,4)5)16-17(22)24-13-10-15-14(27-11-28-15)9-12(13)23-16/h9-10H,7-8,11H2,1-6H3,(H,25,26). The van der Waals surface area contributed by atoms with Crippen LogP contribution in [0.25, 0.3) is 11.0 Å². The van der Waals surface area contributed by atoms with Crippen LogP contribution in [0.3, 0.4) is 0 Å². The third-order valence-electron chi connectivity index (χ3n) is 7.41. The zero-order chi connectivity index (χ0) is 20.1. The Hall–Kier alpha value is -2.37. The Morgan fingerprint density at radius 1 is 1.00 bits per heavy atom. The highest BCUT2D eigenvalue weighted by Gasteiger charge is 2.73. The topological polar surface area (TPSA) is 73.3 Å². The maximum atomic E-state index is 13.7. The molecule has 148 valence electrons. The van der Waals surface area contributed by atoms with Gasteiger partial charge >= 0.3 is 0 Å². The summed E-state index contributed by atoms with van der Waals surface area (Å²) in [5.74, 6) is 1.44. The number of amides is 1. The molecule has 6 heteroatoms. The third-order valence-corrected chi connectivity index (χ3v) is 7.41. The van der Waals surface area contributed by atoms with Crippen LogP contribution < -0.4 is 14.8 Å². The van der Waals surface area contributed by atoms with Gasteiger partial charge in [0.25, 0.3) is 0 Å². The van der Waals surface area contributed by atoms with Crippen molar-refractivity contribution < 1.29 is 14.3 Å². The summed E-state index contributed by atoms with van der Waals surface area (Å²) >= 11 is 0. The molecule has 0 spiro atoms. The lowest BCUT2D eigenvalue weighted by Gasteiger charge is -2.40. The summed E-state index contributed by atoms with van der Waals surface area (Å²) < 4.78 is 11.0. The van der Waals surface area contributed by atoms with Crippen LogP contribution in [-0.4, -0.2) is 28.2 Å². The van der Waals surface area contributed by atoms with Gasteiger partial charge in [-0.05, 0) is 39.0 Å². The molecule has 1 amide bonds. The Morgan fingerprint density at radius 3 is 2.14 bits per heavy atom. The van der Waals surface area contributed by atoms with Crippen LogP contribution in [0.1, 0.15) is 65.8 Å². The highest BCUT2D eigenvalue weighted by molar-refractivity contribution is 5.93. The van der Waals surface area contributed by atoms with E-state index in [-0.39, 0.29) is 29.1 Å². The Morgan fingerprint density at radius 2 is 1.57 bits per heavy atom. The van der Waals surface area contributed by atoms with E-state index in [1.807, 2.05) is 32.9 Å². The molecule has 1 aromatic heterocycles. The first-order valence-electron chi connectivity index (χ1n) is 9.95. The number of nitrogens with one attached hydrogen (secondary N) is 1. The van der Waals surface area contributed by atoms with Crippen molar-refractivity contribution in [1.82, 2.24) is 15.3 Å². The highest BCUT2D eigenvalue weighted by atomic mass is 16.7. The lowest BCUT2D eigenvalue weighted by molar-refractivity contribution is -0.132. The van der Waals surface area contributed by atoms with Crippen molar-refractivity contribution in [2.45, 2.75) is 70.8 Å². The fourth-order valence-electron chi connectivity index (χ4n) is 5.44. The summed E-state index contributed by atoms with van der Waals surface area (Å²) in [7, 11) is 0. The SMILES string of the molecule is CC(C)(C)NC(=O)C12CCC(C)(c3nc4cc5c(cc4nc31)OCO5)C2(C)C. The molecule has 28 heavy (non-hydrogen) atoms. The molecule has 2 bridgehead atoms. The minimum Gasteiger partial charge on any atom is -0.454 e. The van der Waals surface area contributed by atoms with Gasteiger partial charge in [0, 0.05) is 23.1 Å². The molecule has 2 aromatic rings. The first kappa shape index (κ1) is 17.7. The van der Waals surface area contributed by atoms with Gasteiger partial charge in [-0.2, -0.15) is 0 Å². The van der Waals surface area contributed by atoms with E-state index in [1.165, 1.54) is 0 Å². The van der Waals surface area contributed by atoms with Crippen LogP contribution in [0.4, 0.5) is 0 Å². The number of hydrogen-bond donors (Lipinski definition) is 1. The number of carbonyl (C=O) groups excluding carboxylic acids is 1. The molecule has 1 saturated carbocycles. The summed E-state index contributed by atoms with van der Waals surface area (Å²) in [5.41, 5.74) is 1.86. The van der Waals surface area contributed by atoms with Gasteiger partial charge in [-0.1, -0.05) is 20.8 Å². The predicted octanol–water partition coefficient (Wildman–Crippen LogP) is 3.60. The summed E-state index contributed by atoms with van der Waals surface area (Å²) in [6.45, 7) is 12.9. The second-order valence-corrected chi connectivity index (χ2v) is 10.2. The molecule has 2 heterocycles. The molecule has 1 fully saturated rings. The van der Waals surface area contributed by atoms with Crippen molar-refractivity contribution in [3.63, 3.8) is 0 Å². The second-order valence-electron chi connectivity index (χ2n) is 10.2. The average molecular weight is 381 g/mol. The number of hydrogen-bond acceptors (Lipinski definition) is 5. The lowest BCUT2D eigenvalue weighted by Crippen LogP contribution is -2.55. The van der Waals surface area contributed by atoms with Gasteiger partial charge in [0.05, 0.1) is 27.8 Å². The van der Waals surface area contributed by atoms with Crippen molar-refractivity contribution in [3.8, 4) is 11.5 Å². The molecule has 0 saturated heterocycles. The van der Waals surface area contributed by atoms with E-state index in [0.29, 0.717) is 11.5 Å². The summed E-state index contributed by atoms with van der Waals surface area (Å²) in [6, 6.07) is 3.77. The van der Waals surface area contributed by atoms with Crippen LogP contribution in [0.2, 0.25) is 0 Å². The molecule has 6 nitrogen and oxygen atoms in total. The molecule has 1 aromatic carbocycles. The highest BCUT2D eigenvalue weighted by Crippen LogP contribution is 2.70. The number of nitrogens with zero attached hydrogens (tertiary/aromatic N) is 2. The molecule has 1 N–H and O–H groups in total. The maximum Gasteiger partial charge on any atom is 0.233 e. The minimum absolute atomic E-state index is 0.0573. The van der Waals surface area contributed by atoms with E-state index < -0.39 is 5.41 Å². The Bertz CT molecular complexity index is 1040. The first-order valence-corrected chi connectivity index (χ1v) is 9.95. The molecule has 2 atom stereocenters. The van der Waals surface area contributed by atoms with E-state index >= 15 is 0 Å². The molecular weight excluding hydrogens is 354 g/mol. The Balaban J connectivity index is 1.77. The minimum atomic E-state index is -0.679. The van der Waals surface area contributed by atoms with Gasteiger partial charge in [0.2, 0.25) is 12.7 Å². The Labute approximate surface area is 165 Å². The van der Waals surface area contributed by atoms with Crippen LogP contribution in [0, 0.1) is 5.41 Å². The molecule has 3 aliphatic rings. The monoisotopic (exact) mass is 381 g/mol. The molecule has 2 aliphatic carbocycles. The van der Waals surface area contributed by atoms with Crippen LogP contribution >= 0.6 is 0 Å². The average Bonchev–Trinajstić information content (AvgIpc) is 3.15. The van der Waals surface area contributed by atoms with Crippen LogP contribution in [0.5, 0.6) is 11.5 Å². The van der Waals surface area contributed by atoms with Crippen molar-refractivity contribution in [2.75, 3.05) is 6.79 Å². The van der Waals surface area contributed by atoms with Crippen LogP contribution in [-0.2, 0) is 15.6 Å². The largest absolute Gasteiger partial charge is 0.454 e. The number of aromatic nitrogens is 2. The number of ether oxygens (including phenoxy) is 2. The number of fused-ring (bicyclic) bond motifs is 7. The second kappa shape index (κ2) is 4.97. The molecular formula is C22H27N3O3. The molecule has 0 radical (unpaired) electrons. The Kier molecular flexibility index (Phi) is 3.14. The van der Waals surface area contributed by atoms with E-state index in [2.05, 4.69) is 26.1 Å². The van der Waals surface area contributed by atoms with Crippen molar-refractivity contribution in [3.05, 3.63) is 23.5 Å². The summed E-state index contributed by atoms with van der Waals surface area (Å²) in [4.78, 5) is 23.7. The number of benzene rings is 1. The summed E-state index contributed by atoms with van der Waals surface area (Å²) in [6.07, 6.45) is 1.71. The van der Waals surface area contributed by atoms with E-state index in [1.54, 1.807) is 0 Å². The van der Waals surface area contributed by atoms with Gasteiger partial charge in [-0.25, -0.2) is 9.97 Å². The van der Waals surface area contributed by atoms with Gasteiger partial charge in [-0.15, -0.1) is 0 Å². The van der Waals surface area contributed by atoms with E-state index in [0.717, 1.165) is 35.3 Å². The van der Waals surface area contributed by atoms with Crippen molar-refractivity contribution >= 4 is 16.9 Å². The fraction of sp³-hybridized carbons (Fsp3) is 0.591.